The number of anilines is 3. The molecule has 2 nitrogen and oxygen atoms in total. The Morgan fingerprint density at radius 2 is 0.688 bits per heavy atom. The zero-order chi connectivity index (χ0) is 43.1. The van der Waals surface area contributed by atoms with E-state index >= 15 is 0 Å². The molecule has 0 aliphatic heterocycles. The van der Waals surface area contributed by atoms with Gasteiger partial charge in [0.1, 0.15) is 0 Å². The molecule has 1 aromatic heterocycles. The van der Waals surface area contributed by atoms with E-state index in [0.717, 1.165) is 29.2 Å². The smallest absolute Gasteiger partial charge is 0.0541 e. The molecule has 1 heterocycles. The van der Waals surface area contributed by atoms with Gasteiger partial charge in [0.05, 0.1) is 11.0 Å². The Bertz CT molecular complexity index is 3250. The standard InChI is InChI=1S/C54H38N2.C8H10/c1-4-13-39(14-5-1)42-27-32-48(33-28-42)55(47-18-8-3-9-19-47)49-34-29-43(30-35-49)41-23-25-44(26-24-41)46-31-36-54-52(38-46)51-21-10-11-22-53(51)56(54)50-20-12-17-45(37-50)40-15-6-2-7-16-40;1-2-8-6-4-3-5-7-8/h1-38H;3-7H,2H2,1H3. The zero-order valence-electron chi connectivity index (χ0n) is 35.9. The van der Waals surface area contributed by atoms with Crippen molar-refractivity contribution in [1.29, 1.82) is 0 Å². The largest absolute Gasteiger partial charge is 0.311 e. The summed E-state index contributed by atoms with van der Waals surface area (Å²) >= 11 is 0. The number of aryl methyl sites for hydroxylation is 1. The van der Waals surface area contributed by atoms with Crippen LogP contribution in [-0.4, -0.2) is 4.57 Å². The fourth-order valence-corrected chi connectivity index (χ4v) is 8.72. The van der Waals surface area contributed by atoms with Crippen LogP contribution in [0.5, 0.6) is 0 Å². The van der Waals surface area contributed by atoms with E-state index < -0.39 is 0 Å². The molecular formula is C62H48N2. The highest BCUT2D eigenvalue weighted by atomic mass is 15.1. The van der Waals surface area contributed by atoms with E-state index in [9.17, 15) is 0 Å². The lowest BCUT2D eigenvalue weighted by Gasteiger charge is -2.26. The Morgan fingerprint density at radius 1 is 0.297 bits per heavy atom. The highest BCUT2D eigenvalue weighted by Crippen LogP contribution is 2.39. The first-order valence-electron chi connectivity index (χ1n) is 22.1. The molecule has 0 bridgehead atoms. The van der Waals surface area contributed by atoms with Crippen molar-refractivity contribution in [1.82, 2.24) is 4.57 Å². The van der Waals surface area contributed by atoms with Gasteiger partial charge in [-0.05, 0) is 123 Å². The second-order valence-corrected chi connectivity index (χ2v) is 16.0. The SMILES string of the molecule is CCc1ccccc1.c1ccc(-c2ccc(N(c3ccccc3)c3ccc(-c4ccc(-c5ccc6c(c5)c5ccccc5n6-c5cccc(-c6ccccc6)c5)cc4)cc3)cc2)cc1. The molecule has 0 atom stereocenters. The molecule has 0 aliphatic carbocycles. The van der Waals surface area contributed by atoms with Gasteiger partial charge in [0, 0.05) is 33.5 Å². The van der Waals surface area contributed by atoms with E-state index in [1.54, 1.807) is 0 Å². The van der Waals surface area contributed by atoms with Crippen molar-refractivity contribution in [3.63, 3.8) is 0 Å². The summed E-state index contributed by atoms with van der Waals surface area (Å²) < 4.78 is 2.40. The molecule has 0 aliphatic rings. The van der Waals surface area contributed by atoms with Crippen LogP contribution in [0.2, 0.25) is 0 Å². The highest BCUT2D eigenvalue weighted by Gasteiger charge is 2.15. The molecule has 11 aromatic rings. The van der Waals surface area contributed by atoms with Crippen LogP contribution in [0.1, 0.15) is 12.5 Å². The average molecular weight is 821 g/mol. The normalized spacial score (nSPS) is 11.0. The Kier molecular flexibility index (Phi) is 11.5. The Labute approximate surface area is 376 Å². The van der Waals surface area contributed by atoms with Crippen LogP contribution in [0.4, 0.5) is 17.1 Å². The van der Waals surface area contributed by atoms with Crippen LogP contribution >= 0.6 is 0 Å². The molecule has 306 valence electrons. The van der Waals surface area contributed by atoms with Gasteiger partial charge < -0.3 is 9.47 Å². The van der Waals surface area contributed by atoms with Gasteiger partial charge in [0.25, 0.3) is 0 Å². The van der Waals surface area contributed by atoms with E-state index in [1.165, 1.54) is 71.9 Å². The van der Waals surface area contributed by atoms with Gasteiger partial charge in [-0.3, -0.25) is 0 Å². The van der Waals surface area contributed by atoms with Gasteiger partial charge >= 0.3 is 0 Å². The van der Waals surface area contributed by atoms with Gasteiger partial charge in [-0.15, -0.1) is 0 Å². The van der Waals surface area contributed by atoms with Crippen LogP contribution < -0.4 is 4.90 Å². The number of rotatable bonds is 9. The van der Waals surface area contributed by atoms with Crippen molar-refractivity contribution in [3.8, 4) is 50.2 Å². The molecule has 10 aromatic carbocycles. The molecule has 0 saturated heterocycles. The number of nitrogens with zero attached hydrogens (tertiary/aromatic N) is 2. The lowest BCUT2D eigenvalue weighted by Crippen LogP contribution is -2.09. The van der Waals surface area contributed by atoms with E-state index in [4.69, 9.17) is 0 Å². The maximum atomic E-state index is 2.40. The summed E-state index contributed by atoms with van der Waals surface area (Å²) in [4.78, 5) is 2.31. The topological polar surface area (TPSA) is 8.17 Å². The summed E-state index contributed by atoms with van der Waals surface area (Å²) in [5, 5.41) is 2.50. The monoisotopic (exact) mass is 820 g/mol. The lowest BCUT2D eigenvalue weighted by atomic mass is 9.98. The van der Waals surface area contributed by atoms with Crippen LogP contribution in [0.25, 0.3) is 72.0 Å². The Hall–Kier alpha value is -8.20. The number of benzene rings is 10. The highest BCUT2D eigenvalue weighted by molar-refractivity contribution is 6.10. The predicted molar refractivity (Wildman–Crippen MR) is 273 cm³/mol. The number of aromatic nitrogens is 1. The van der Waals surface area contributed by atoms with Crippen LogP contribution in [0.3, 0.4) is 0 Å². The lowest BCUT2D eigenvalue weighted by molar-refractivity contribution is 1.14. The number of hydrogen-bond acceptors (Lipinski definition) is 1. The molecule has 0 unspecified atom stereocenters. The average Bonchev–Trinajstić information content (AvgIpc) is 3.72. The number of para-hydroxylation sites is 2. The minimum Gasteiger partial charge on any atom is -0.311 e. The third-order valence-electron chi connectivity index (χ3n) is 12.1. The van der Waals surface area contributed by atoms with Crippen molar-refractivity contribution in [3.05, 3.63) is 266 Å². The first-order valence-corrected chi connectivity index (χ1v) is 22.1. The molecule has 64 heavy (non-hydrogen) atoms. The summed E-state index contributed by atoms with van der Waals surface area (Å²) in [6.07, 6.45) is 1.14. The van der Waals surface area contributed by atoms with E-state index in [1.807, 2.05) is 6.07 Å². The van der Waals surface area contributed by atoms with E-state index in [0.29, 0.717) is 0 Å². The van der Waals surface area contributed by atoms with Crippen LogP contribution in [0, 0.1) is 0 Å². The molecule has 0 radical (unpaired) electrons. The first kappa shape index (κ1) is 39.9. The molecule has 0 N–H and O–H groups in total. The number of hydrogen-bond donors (Lipinski definition) is 0. The molecule has 0 spiro atoms. The fourth-order valence-electron chi connectivity index (χ4n) is 8.72. The van der Waals surface area contributed by atoms with Crippen molar-refractivity contribution in [2.24, 2.45) is 0 Å². The number of fused-ring (bicyclic) bond motifs is 3. The second-order valence-electron chi connectivity index (χ2n) is 16.0. The van der Waals surface area contributed by atoms with Crippen LogP contribution in [-0.2, 0) is 6.42 Å². The predicted octanol–water partition coefficient (Wildman–Crippen LogP) is 17.2. The van der Waals surface area contributed by atoms with Crippen molar-refractivity contribution >= 4 is 38.9 Å². The molecule has 0 amide bonds. The molecule has 0 saturated carbocycles. The quantitative estimate of drug-likeness (QED) is 0.141. The maximum Gasteiger partial charge on any atom is 0.0541 e. The summed E-state index contributed by atoms with van der Waals surface area (Å²) in [5.74, 6) is 0. The second kappa shape index (κ2) is 18.4. The minimum atomic E-state index is 1.11. The first-order chi connectivity index (χ1) is 31.7. The van der Waals surface area contributed by atoms with Gasteiger partial charge in [-0.25, -0.2) is 0 Å². The van der Waals surface area contributed by atoms with E-state index in [-0.39, 0.29) is 0 Å². The third kappa shape index (κ3) is 8.38. The molecule has 2 heteroatoms. The van der Waals surface area contributed by atoms with E-state index in [2.05, 4.69) is 271 Å². The maximum absolute atomic E-state index is 2.40. The zero-order valence-corrected chi connectivity index (χ0v) is 35.9. The summed E-state index contributed by atoms with van der Waals surface area (Å²) in [5.41, 5.74) is 18.0. The van der Waals surface area contributed by atoms with Gasteiger partial charge in [-0.1, -0.05) is 201 Å². The third-order valence-corrected chi connectivity index (χ3v) is 12.1. The molecular weight excluding hydrogens is 773 g/mol. The summed E-state index contributed by atoms with van der Waals surface area (Å²) in [6, 6.07) is 93.4. The van der Waals surface area contributed by atoms with Crippen molar-refractivity contribution < 1.29 is 0 Å². The van der Waals surface area contributed by atoms with Gasteiger partial charge in [0.15, 0.2) is 0 Å². The summed E-state index contributed by atoms with van der Waals surface area (Å²) in [6.45, 7) is 2.16. The fraction of sp³-hybridized carbons (Fsp3) is 0.0323. The van der Waals surface area contributed by atoms with Crippen LogP contribution in [0.15, 0.2) is 261 Å². The minimum absolute atomic E-state index is 1.11. The van der Waals surface area contributed by atoms with Crippen molar-refractivity contribution in [2.75, 3.05) is 4.90 Å². The molecule has 11 rings (SSSR count). The van der Waals surface area contributed by atoms with Gasteiger partial charge in [0.2, 0.25) is 0 Å². The Morgan fingerprint density at radius 3 is 1.25 bits per heavy atom. The van der Waals surface area contributed by atoms with Crippen molar-refractivity contribution in [2.45, 2.75) is 13.3 Å². The molecule has 0 fully saturated rings. The Balaban J connectivity index is 0.000000549. The summed E-state index contributed by atoms with van der Waals surface area (Å²) in [7, 11) is 0. The van der Waals surface area contributed by atoms with Gasteiger partial charge in [-0.2, -0.15) is 0 Å².